The van der Waals surface area contributed by atoms with Gasteiger partial charge in [0.1, 0.15) is 0 Å². The van der Waals surface area contributed by atoms with E-state index in [4.69, 9.17) is 4.52 Å². The van der Waals surface area contributed by atoms with Crippen molar-refractivity contribution in [3.8, 4) is 0 Å². The van der Waals surface area contributed by atoms with Gasteiger partial charge < -0.3 is 4.52 Å². The van der Waals surface area contributed by atoms with Crippen molar-refractivity contribution in [3.63, 3.8) is 0 Å². The van der Waals surface area contributed by atoms with Crippen LogP contribution in [0.3, 0.4) is 0 Å². The molecule has 0 saturated heterocycles. The lowest BCUT2D eigenvalue weighted by Gasteiger charge is -2.26. The Kier molecular flexibility index (Phi) is 3.61. The number of rotatable bonds is 2. The van der Waals surface area contributed by atoms with E-state index >= 15 is 0 Å². The van der Waals surface area contributed by atoms with E-state index in [-0.39, 0.29) is 11.5 Å². The Morgan fingerprint density at radius 2 is 1.80 bits per heavy atom. The Morgan fingerprint density at radius 1 is 1.40 bits per heavy atom. The molecular weight excluding hydrogens is 147 g/mol. The molecule has 2 nitrogen and oxygen atoms in total. The Balaban J connectivity index is 3.85. The van der Waals surface area contributed by atoms with E-state index < -0.39 is 8.03 Å². The topological polar surface area (TPSA) is 26.3 Å². The lowest BCUT2D eigenvalue weighted by molar-refractivity contribution is 0.113. The first-order valence-corrected chi connectivity index (χ1v) is 5.33. The van der Waals surface area contributed by atoms with Crippen LogP contribution in [0.1, 0.15) is 27.7 Å². The summed E-state index contributed by atoms with van der Waals surface area (Å²) in [6.07, 6.45) is 0.0730. The summed E-state index contributed by atoms with van der Waals surface area (Å²) in [5.41, 5.74) is 0.0936. The minimum atomic E-state index is -1.77. The van der Waals surface area contributed by atoms with Crippen LogP contribution in [-0.4, -0.2) is 12.8 Å². The summed E-state index contributed by atoms with van der Waals surface area (Å²) < 4.78 is 15.8. The van der Waals surface area contributed by atoms with Gasteiger partial charge >= 0.3 is 0 Å². The smallest absolute Gasteiger partial charge is 0.188 e. The number of hydrogen-bond acceptors (Lipinski definition) is 2. The van der Waals surface area contributed by atoms with E-state index in [1.54, 1.807) is 6.66 Å². The molecule has 0 amide bonds. The molecule has 0 N–H and O–H groups in total. The maximum absolute atomic E-state index is 10.7. The Labute approximate surface area is 63.8 Å². The standard InChI is InChI=1S/C7H17O2P/c1-6(7(2,3)4)9-10(5)8/h6,10H,1-5H3. The van der Waals surface area contributed by atoms with E-state index in [2.05, 4.69) is 20.8 Å². The molecule has 0 bridgehead atoms. The fourth-order valence-corrected chi connectivity index (χ4v) is 1.28. The molecule has 62 valence electrons. The molecule has 0 aromatic rings. The molecule has 0 aliphatic heterocycles. The minimum absolute atomic E-state index is 0.0730. The lowest BCUT2D eigenvalue weighted by atomic mass is 9.91. The van der Waals surface area contributed by atoms with Crippen LogP contribution in [0.4, 0.5) is 0 Å². The van der Waals surface area contributed by atoms with Crippen LogP contribution in [0.5, 0.6) is 0 Å². The largest absolute Gasteiger partial charge is 0.327 e. The summed E-state index contributed by atoms with van der Waals surface area (Å²) >= 11 is 0. The predicted octanol–water partition coefficient (Wildman–Crippen LogP) is 2.54. The van der Waals surface area contributed by atoms with E-state index in [0.717, 1.165) is 0 Å². The zero-order chi connectivity index (χ0) is 8.36. The van der Waals surface area contributed by atoms with Crippen molar-refractivity contribution in [1.29, 1.82) is 0 Å². The second-order valence-corrected chi connectivity index (χ2v) is 4.84. The van der Waals surface area contributed by atoms with E-state index in [1.807, 2.05) is 6.92 Å². The molecule has 0 saturated carbocycles. The SMILES string of the molecule is CC(O[PH](C)=O)C(C)(C)C. The molecule has 0 aromatic carbocycles. The van der Waals surface area contributed by atoms with Crippen LogP contribution in [0.2, 0.25) is 0 Å². The normalized spacial score (nSPS) is 18.5. The fraction of sp³-hybridized carbons (Fsp3) is 1.00. The minimum Gasteiger partial charge on any atom is -0.327 e. The summed E-state index contributed by atoms with van der Waals surface area (Å²) in [4.78, 5) is 0. The third-order valence-electron chi connectivity index (χ3n) is 1.56. The molecule has 0 aliphatic rings. The van der Waals surface area contributed by atoms with Crippen molar-refractivity contribution in [2.24, 2.45) is 5.41 Å². The summed E-state index contributed by atoms with van der Waals surface area (Å²) in [5.74, 6) is 0. The lowest BCUT2D eigenvalue weighted by Crippen LogP contribution is -2.23. The molecule has 2 unspecified atom stereocenters. The Morgan fingerprint density at radius 3 is 1.90 bits per heavy atom. The summed E-state index contributed by atoms with van der Waals surface area (Å²) in [5, 5.41) is 0. The second-order valence-electron chi connectivity index (χ2n) is 3.62. The quantitative estimate of drug-likeness (QED) is 0.586. The molecule has 0 aliphatic carbocycles. The first kappa shape index (κ1) is 10.2. The maximum atomic E-state index is 10.7. The second kappa shape index (κ2) is 3.54. The van der Waals surface area contributed by atoms with Crippen LogP contribution in [-0.2, 0) is 9.09 Å². The maximum Gasteiger partial charge on any atom is 0.188 e. The highest BCUT2D eigenvalue weighted by Gasteiger charge is 2.21. The van der Waals surface area contributed by atoms with Crippen LogP contribution < -0.4 is 0 Å². The highest BCUT2D eigenvalue weighted by molar-refractivity contribution is 7.38. The third kappa shape index (κ3) is 4.08. The highest BCUT2D eigenvalue weighted by Crippen LogP contribution is 2.29. The van der Waals surface area contributed by atoms with Gasteiger partial charge in [-0.05, 0) is 12.3 Å². The molecule has 0 heterocycles. The van der Waals surface area contributed by atoms with Crippen molar-refractivity contribution < 1.29 is 9.09 Å². The van der Waals surface area contributed by atoms with Crippen LogP contribution in [0.25, 0.3) is 0 Å². The average molecular weight is 164 g/mol. The zero-order valence-corrected chi connectivity index (χ0v) is 8.39. The van der Waals surface area contributed by atoms with Crippen molar-refractivity contribution in [2.45, 2.75) is 33.8 Å². The third-order valence-corrected chi connectivity index (χ3v) is 2.25. The van der Waals surface area contributed by atoms with Crippen LogP contribution >= 0.6 is 8.03 Å². The molecular formula is C7H17O2P. The van der Waals surface area contributed by atoms with Gasteiger partial charge in [-0.3, -0.25) is 4.57 Å². The molecule has 0 fully saturated rings. The van der Waals surface area contributed by atoms with Gasteiger partial charge in [-0.15, -0.1) is 0 Å². The van der Waals surface area contributed by atoms with Crippen molar-refractivity contribution in [1.82, 2.24) is 0 Å². The van der Waals surface area contributed by atoms with Gasteiger partial charge in [-0.1, -0.05) is 20.8 Å². The van der Waals surface area contributed by atoms with Crippen molar-refractivity contribution >= 4 is 8.03 Å². The van der Waals surface area contributed by atoms with Crippen molar-refractivity contribution in [2.75, 3.05) is 6.66 Å². The van der Waals surface area contributed by atoms with Gasteiger partial charge in [-0.25, -0.2) is 0 Å². The van der Waals surface area contributed by atoms with Crippen LogP contribution in [0.15, 0.2) is 0 Å². The van der Waals surface area contributed by atoms with Gasteiger partial charge in [0, 0.05) is 6.66 Å². The number of hydrogen-bond donors (Lipinski definition) is 0. The van der Waals surface area contributed by atoms with Gasteiger partial charge in [0.05, 0.1) is 6.10 Å². The summed E-state index contributed by atoms with van der Waals surface area (Å²) in [6.45, 7) is 9.78. The van der Waals surface area contributed by atoms with E-state index in [0.29, 0.717) is 0 Å². The first-order chi connectivity index (χ1) is 4.34. The highest BCUT2D eigenvalue weighted by atomic mass is 31.1. The van der Waals surface area contributed by atoms with E-state index in [1.165, 1.54) is 0 Å². The van der Waals surface area contributed by atoms with E-state index in [9.17, 15) is 4.57 Å². The van der Waals surface area contributed by atoms with Gasteiger partial charge in [0.2, 0.25) is 0 Å². The molecule has 0 aromatic heterocycles. The molecule has 0 spiro atoms. The zero-order valence-electron chi connectivity index (χ0n) is 7.39. The van der Waals surface area contributed by atoms with Crippen LogP contribution in [0, 0.1) is 5.41 Å². The summed E-state index contributed by atoms with van der Waals surface area (Å²) in [7, 11) is -1.77. The molecule has 3 heteroatoms. The predicted molar refractivity (Wildman–Crippen MR) is 44.9 cm³/mol. The molecule has 0 rings (SSSR count). The Hall–Kier alpha value is 0.190. The molecule has 10 heavy (non-hydrogen) atoms. The first-order valence-electron chi connectivity index (χ1n) is 3.51. The molecule has 0 radical (unpaired) electrons. The summed E-state index contributed by atoms with van der Waals surface area (Å²) in [6, 6.07) is 0. The van der Waals surface area contributed by atoms with Gasteiger partial charge in [0.15, 0.2) is 8.03 Å². The average Bonchev–Trinajstić information content (AvgIpc) is 1.60. The monoisotopic (exact) mass is 164 g/mol. The fourth-order valence-electron chi connectivity index (χ4n) is 0.426. The molecule has 2 atom stereocenters. The Bertz CT molecular complexity index is 126. The van der Waals surface area contributed by atoms with Crippen molar-refractivity contribution in [3.05, 3.63) is 0 Å². The van der Waals surface area contributed by atoms with Gasteiger partial charge in [-0.2, -0.15) is 0 Å². The van der Waals surface area contributed by atoms with Gasteiger partial charge in [0.25, 0.3) is 0 Å².